The molecule has 14 heavy (non-hydrogen) atoms. The van der Waals surface area contributed by atoms with E-state index in [2.05, 4.69) is 14.5 Å². The second-order valence-electron chi connectivity index (χ2n) is 2.68. The number of esters is 2. The highest BCUT2D eigenvalue weighted by atomic mass is 16.5. The Bertz CT molecular complexity index is 306. The van der Waals surface area contributed by atoms with Crippen molar-refractivity contribution in [1.82, 2.24) is 0 Å². The Morgan fingerprint density at radius 2 is 2.14 bits per heavy atom. The third kappa shape index (κ3) is 2.18. The summed E-state index contributed by atoms with van der Waals surface area (Å²) in [5.74, 6) is -0.995. The summed E-state index contributed by atoms with van der Waals surface area (Å²) >= 11 is 0. The third-order valence-corrected chi connectivity index (χ3v) is 1.80. The van der Waals surface area contributed by atoms with Gasteiger partial charge in [-0.2, -0.15) is 0 Å². The molecule has 1 unspecified atom stereocenters. The van der Waals surface area contributed by atoms with Gasteiger partial charge in [0.15, 0.2) is 6.04 Å². The molecule has 5 heteroatoms. The number of methoxy groups -OCH3 is 2. The van der Waals surface area contributed by atoms with Crippen molar-refractivity contribution in [3.8, 4) is 0 Å². The van der Waals surface area contributed by atoms with E-state index in [4.69, 9.17) is 0 Å². The molecule has 1 rings (SSSR count). The van der Waals surface area contributed by atoms with Crippen molar-refractivity contribution in [2.75, 3.05) is 14.2 Å². The minimum atomic E-state index is -0.626. The molecule has 0 amide bonds. The molecule has 1 aliphatic rings. The molecule has 0 saturated heterocycles. The molecule has 0 spiro atoms. The normalized spacial score (nSPS) is 19.9. The van der Waals surface area contributed by atoms with Gasteiger partial charge in [0.25, 0.3) is 0 Å². The van der Waals surface area contributed by atoms with Crippen LogP contribution in [-0.2, 0) is 19.1 Å². The Morgan fingerprint density at radius 3 is 2.71 bits per heavy atom. The van der Waals surface area contributed by atoms with E-state index in [1.54, 1.807) is 6.08 Å². The Labute approximate surface area is 81.4 Å². The van der Waals surface area contributed by atoms with E-state index in [1.807, 2.05) is 0 Å². The zero-order valence-electron chi connectivity index (χ0n) is 8.02. The summed E-state index contributed by atoms with van der Waals surface area (Å²) in [5.41, 5.74) is 0.147. The summed E-state index contributed by atoms with van der Waals surface area (Å²) < 4.78 is 9.00. The van der Waals surface area contributed by atoms with Gasteiger partial charge in [-0.05, 0) is 12.5 Å². The molecule has 0 aromatic heterocycles. The second kappa shape index (κ2) is 4.55. The molecule has 0 saturated carbocycles. The lowest BCUT2D eigenvalue weighted by molar-refractivity contribution is -0.141. The number of rotatable bonds is 2. The Kier molecular flexibility index (Phi) is 3.39. The molecule has 76 valence electrons. The number of hydrogen-bond donors (Lipinski definition) is 0. The molecule has 0 aliphatic carbocycles. The maximum atomic E-state index is 11.1. The molecule has 0 fully saturated rings. The van der Waals surface area contributed by atoms with Crippen LogP contribution in [-0.4, -0.2) is 37.9 Å². The van der Waals surface area contributed by atoms with Crippen molar-refractivity contribution in [3.05, 3.63) is 12.2 Å². The lowest BCUT2D eigenvalue weighted by Gasteiger charge is -2.12. The number of aliphatic imine (C=N–C) groups is 1. The lowest BCUT2D eigenvalue weighted by Crippen LogP contribution is -2.26. The van der Waals surface area contributed by atoms with Gasteiger partial charge in [-0.15, -0.1) is 0 Å². The van der Waals surface area contributed by atoms with Crippen LogP contribution in [0.3, 0.4) is 0 Å². The first-order valence-corrected chi connectivity index (χ1v) is 4.09. The lowest BCUT2D eigenvalue weighted by atomic mass is 10.1. The van der Waals surface area contributed by atoms with Crippen LogP contribution in [0.4, 0.5) is 0 Å². The minimum absolute atomic E-state index is 0.147. The predicted octanol–water partition coefficient (Wildman–Crippen LogP) is 0.102. The Morgan fingerprint density at radius 1 is 1.43 bits per heavy atom. The highest BCUT2D eigenvalue weighted by Gasteiger charge is 2.22. The molecule has 0 aromatic rings. The van der Waals surface area contributed by atoms with Gasteiger partial charge in [-0.3, -0.25) is 4.99 Å². The van der Waals surface area contributed by atoms with Gasteiger partial charge in [-0.25, -0.2) is 9.59 Å². The number of nitrogens with zero attached hydrogens (tertiary/aromatic N) is 1. The average Bonchev–Trinajstić information content (AvgIpc) is 2.27. The summed E-state index contributed by atoms with van der Waals surface area (Å²) in [6.45, 7) is 0. The Balaban J connectivity index is 2.77. The molecule has 0 radical (unpaired) electrons. The predicted molar refractivity (Wildman–Crippen MR) is 49.0 cm³/mol. The van der Waals surface area contributed by atoms with E-state index in [0.29, 0.717) is 6.42 Å². The molecule has 5 nitrogen and oxygen atoms in total. The maximum Gasteiger partial charge on any atom is 0.356 e. The van der Waals surface area contributed by atoms with E-state index >= 15 is 0 Å². The topological polar surface area (TPSA) is 65.0 Å². The van der Waals surface area contributed by atoms with Crippen molar-refractivity contribution >= 4 is 17.7 Å². The zero-order chi connectivity index (χ0) is 10.6. The van der Waals surface area contributed by atoms with Gasteiger partial charge in [0.1, 0.15) is 5.71 Å². The number of hydrogen-bond acceptors (Lipinski definition) is 5. The zero-order valence-corrected chi connectivity index (χ0v) is 8.02. The fourth-order valence-corrected chi connectivity index (χ4v) is 1.08. The molecule has 1 heterocycles. The minimum Gasteiger partial charge on any atom is -0.467 e. The molecule has 0 bridgehead atoms. The first kappa shape index (κ1) is 10.4. The van der Waals surface area contributed by atoms with Crippen LogP contribution in [0.5, 0.6) is 0 Å². The van der Waals surface area contributed by atoms with Crippen LogP contribution >= 0.6 is 0 Å². The summed E-state index contributed by atoms with van der Waals surface area (Å²) in [4.78, 5) is 26.1. The van der Waals surface area contributed by atoms with Crippen LogP contribution in [0.1, 0.15) is 6.42 Å². The molecule has 0 aromatic carbocycles. The molecular formula is C9H11NO4. The summed E-state index contributed by atoms with van der Waals surface area (Å²) in [7, 11) is 2.55. The van der Waals surface area contributed by atoms with Crippen LogP contribution < -0.4 is 0 Å². The van der Waals surface area contributed by atoms with Gasteiger partial charge in [0.2, 0.25) is 0 Å². The quantitative estimate of drug-likeness (QED) is 0.589. The molecule has 1 aliphatic heterocycles. The van der Waals surface area contributed by atoms with Crippen molar-refractivity contribution in [1.29, 1.82) is 0 Å². The fourth-order valence-electron chi connectivity index (χ4n) is 1.08. The second-order valence-corrected chi connectivity index (χ2v) is 2.68. The Hall–Kier alpha value is -1.65. The van der Waals surface area contributed by atoms with Crippen LogP contribution in [0.25, 0.3) is 0 Å². The fraction of sp³-hybridized carbons (Fsp3) is 0.444. The van der Waals surface area contributed by atoms with E-state index < -0.39 is 18.0 Å². The highest BCUT2D eigenvalue weighted by molar-refractivity contribution is 6.41. The first-order valence-electron chi connectivity index (χ1n) is 4.09. The number of dihydropyridines is 1. The third-order valence-electron chi connectivity index (χ3n) is 1.80. The van der Waals surface area contributed by atoms with Gasteiger partial charge in [0.05, 0.1) is 14.2 Å². The van der Waals surface area contributed by atoms with E-state index in [1.165, 1.54) is 20.3 Å². The van der Waals surface area contributed by atoms with Crippen LogP contribution in [0.2, 0.25) is 0 Å². The monoisotopic (exact) mass is 197 g/mol. The molecule has 1 atom stereocenters. The van der Waals surface area contributed by atoms with Crippen molar-refractivity contribution in [2.24, 2.45) is 4.99 Å². The number of carbonyl (C=O) groups excluding carboxylic acids is 2. The van der Waals surface area contributed by atoms with E-state index in [0.717, 1.165) is 0 Å². The van der Waals surface area contributed by atoms with E-state index in [-0.39, 0.29) is 5.71 Å². The van der Waals surface area contributed by atoms with Crippen molar-refractivity contribution < 1.29 is 19.1 Å². The first-order chi connectivity index (χ1) is 6.69. The van der Waals surface area contributed by atoms with Crippen molar-refractivity contribution in [2.45, 2.75) is 12.5 Å². The van der Waals surface area contributed by atoms with Gasteiger partial charge in [0, 0.05) is 0 Å². The van der Waals surface area contributed by atoms with Gasteiger partial charge >= 0.3 is 11.9 Å². The van der Waals surface area contributed by atoms with E-state index in [9.17, 15) is 9.59 Å². The highest BCUT2D eigenvalue weighted by Crippen LogP contribution is 2.09. The maximum absolute atomic E-state index is 11.1. The van der Waals surface area contributed by atoms with Gasteiger partial charge < -0.3 is 9.47 Å². The van der Waals surface area contributed by atoms with Crippen LogP contribution in [0, 0.1) is 0 Å². The smallest absolute Gasteiger partial charge is 0.356 e. The molecule has 0 N–H and O–H groups in total. The van der Waals surface area contributed by atoms with Gasteiger partial charge in [-0.1, -0.05) is 6.08 Å². The summed E-state index contributed by atoms with van der Waals surface area (Å²) in [5, 5.41) is 0. The number of carbonyl (C=O) groups is 2. The standard InChI is InChI=1S/C9H11NO4/c1-13-8(11)6-4-3-5-7(10-6)9(12)14-2/h3-4,7H,5H2,1-2H3. The summed E-state index contributed by atoms with van der Waals surface area (Å²) in [6.07, 6.45) is 3.68. The largest absolute Gasteiger partial charge is 0.467 e. The molecular weight excluding hydrogens is 186 g/mol. The average molecular weight is 197 g/mol. The summed E-state index contributed by atoms with van der Waals surface area (Å²) in [6, 6.07) is -0.626. The van der Waals surface area contributed by atoms with Crippen molar-refractivity contribution in [3.63, 3.8) is 0 Å². The number of ether oxygens (including phenoxy) is 2. The SMILES string of the molecule is COC(=O)C1=NC(C(=O)OC)CC=C1. The van der Waals surface area contributed by atoms with Crippen LogP contribution in [0.15, 0.2) is 17.1 Å².